The summed E-state index contributed by atoms with van der Waals surface area (Å²) in [6.45, 7) is 0. The van der Waals surface area contributed by atoms with Crippen LogP contribution in [0.3, 0.4) is 0 Å². The van der Waals surface area contributed by atoms with E-state index in [9.17, 15) is 9.50 Å². The Morgan fingerprint density at radius 1 is 1.14 bits per heavy atom. The first-order valence-electron chi connectivity index (χ1n) is 6.60. The molecule has 0 saturated carbocycles. The van der Waals surface area contributed by atoms with Gasteiger partial charge in [0.05, 0.1) is 11.6 Å². The van der Waals surface area contributed by atoms with Crippen molar-refractivity contribution >= 4 is 22.5 Å². The van der Waals surface area contributed by atoms with Gasteiger partial charge in [-0.2, -0.15) is 0 Å². The molecule has 4 heteroatoms. The maximum absolute atomic E-state index is 13.3. The van der Waals surface area contributed by atoms with Crippen LogP contribution < -0.4 is 0 Å². The molecule has 2 nitrogen and oxygen atoms in total. The smallest absolute Gasteiger partial charge is 0.123 e. The van der Waals surface area contributed by atoms with E-state index in [1.807, 2.05) is 30.3 Å². The van der Waals surface area contributed by atoms with Crippen molar-refractivity contribution < 1.29 is 9.50 Å². The first-order valence-corrected chi connectivity index (χ1v) is 6.98. The maximum Gasteiger partial charge on any atom is 0.123 e. The molecular weight excluding hydrogens is 289 g/mol. The Labute approximate surface area is 126 Å². The number of fused-ring (bicyclic) bond motifs is 1. The van der Waals surface area contributed by atoms with Crippen LogP contribution in [0.4, 0.5) is 4.39 Å². The number of halogens is 2. The zero-order chi connectivity index (χ0) is 14.8. The van der Waals surface area contributed by atoms with E-state index in [4.69, 9.17) is 11.6 Å². The van der Waals surface area contributed by atoms with E-state index < -0.39 is 6.10 Å². The van der Waals surface area contributed by atoms with Gasteiger partial charge >= 0.3 is 0 Å². The molecule has 106 valence electrons. The average molecular weight is 302 g/mol. The molecule has 0 fully saturated rings. The van der Waals surface area contributed by atoms with Crippen molar-refractivity contribution in [2.75, 3.05) is 0 Å². The van der Waals surface area contributed by atoms with Gasteiger partial charge in [0.15, 0.2) is 0 Å². The Bertz CT molecular complexity index is 791. The summed E-state index contributed by atoms with van der Waals surface area (Å²) in [5.41, 5.74) is 2.23. The zero-order valence-electron chi connectivity index (χ0n) is 11.1. The van der Waals surface area contributed by atoms with Crippen LogP contribution in [0.25, 0.3) is 10.9 Å². The minimum Gasteiger partial charge on any atom is -0.388 e. The molecule has 0 bridgehead atoms. The van der Waals surface area contributed by atoms with Gasteiger partial charge < -0.3 is 5.11 Å². The van der Waals surface area contributed by atoms with Crippen LogP contribution >= 0.6 is 11.6 Å². The molecule has 0 aliphatic rings. The number of aliphatic hydroxyl groups is 1. The highest BCUT2D eigenvalue weighted by Crippen LogP contribution is 2.26. The van der Waals surface area contributed by atoms with Crippen molar-refractivity contribution in [2.24, 2.45) is 0 Å². The van der Waals surface area contributed by atoms with Crippen molar-refractivity contribution in [2.45, 2.75) is 12.5 Å². The number of pyridine rings is 1. The molecule has 1 aromatic heterocycles. The molecule has 3 aromatic rings. The van der Waals surface area contributed by atoms with Gasteiger partial charge in [-0.3, -0.25) is 4.98 Å². The van der Waals surface area contributed by atoms with Crippen molar-refractivity contribution in [3.63, 3.8) is 0 Å². The summed E-state index contributed by atoms with van der Waals surface area (Å²) in [6, 6.07) is 13.5. The Morgan fingerprint density at radius 3 is 2.86 bits per heavy atom. The van der Waals surface area contributed by atoms with Crippen LogP contribution in [0.15, 0.2) is 54.7 Å². The van der Waals surface area contributed by atoms with Gasteiger partial charge in [0.1, 0.15) is 5.82 Å². The van der Waals surface area contributed by atoms with E-state index in [1.54, 1.807) is 6.20 Å². The standard InChI is InChI=1S/C17H13ClFNO/c18-15-5-4-14(19)9-13(15)10-17(21)12-3-6-16-11(8-12)2-1-7-20-16/h1-9,17,21H,10H2. The van der Waals surface area contributed by atoms with Crippen LogP contribution in [0.2, 0.25) is 5.02 Å². The highest BCUT2D eigenvalue weighted by atomic mass is 35.5. The largest absolute Gasteiger partial charge is 0.388 e. The van der Waals surface area contributed by atoms with Gasteiger partial charge in [-0.05, 0) is 47.5 Å². The number of benzene rings is 2. The van der Waals surface area contributed by atoms with Gasteiger partial charge in [0, 0.05) is 23.0 Å². The SMILES string of the molecule is OC(Cc1cc(F)ccc1Cl)c1ccc2ncccc2c1. The molecular formula is C17H13ClFNO. The molecule has 0 spiro atoms. The van der Waals surface area contributed by atoms with E-state index >= 15 is 0 Å². The quantitative estimate of drug-likeness (QED) is 0.782. The summed E-state index contributed by atoms with van der Waals surface area (Å²) in [6.07, 6.45) is 1.25. The Balaban J connectivity index is 1.89. The molecule has 0 aliphatic heterocycles. The molecule has 1 unspecified atom stereocenters. The number of hydrogen-bond acceptors (Lipinski definition) is 2. The molecule has 21 heavy (non-hydrogen) atoms. The second kappa shape index (κ2) is 5.80. The molecule has 0 saturated heterocycles. The zero-order valence-corrected chi connectivity index (χ0v) is 11.9. The van der Waals surface area contributed by atoms with Crippen LogP contribution in [0, 0.1) is 5.82 Å². The summed E-state index contributed by atoms with van der Waals surface area (Å²) in [4.78, 5) is 4.24. The van der Waals surface area contributed by atoms with Crippen LogP contribution in [0.1, 0.15) is 17.2 Å². The Kier molecular flexibility index (Phi) is 3.86. The van der Waals surface area contributed by atoms with E-state index in [1.165, 1.54) is 18.2 Å². The van der Waals surface area contributed by atoms with Gasteiger partial charge in [0.2, 0.25) is 0 Å². The first-order chi connectivity index (χ1) is 10.1. The Morgan fingerprint density at radius 2 is 2.00 bits per heavy atom. The molecule has 0 amide bonds. The van der Waals surface area contributed by atoms with Gasteiger partial charge in [-0.1, -0.05) is 23.7 Å². The summed E-state index contributed by atoms with van der Waals surface area (Å²) in [5, 5.41) is 11.8. The van der Waals surface area contributed by atoms with Crippen molar-refractivity contribution in [1.82, 2.24) is 4.98 Å². The van der Waals surface area contributed by atoms with Crippen LogP contribution in [0.5, 0.6) is 0 Å². The number of nitrogens with zero attached hydrogens (tertiary/aromatic N) is 1. The van der Waals surface area contributed by atoms with E-state index in [2.05, 4.69) is 4.98 Å². The predicted octanol–water partition coefficient (Wildman–Crippen LogP) is 4.30. The van der Waals surface area contributed by atoms with Gasteiger partial charge in [-0.15, -0.1) is 0 Å². The monoisotopic (exact) mass is 301 g/mol. The normalized spacial score (nSPS) is 12.5. The molecule has 1 atom stereocenters. The highest BCUT2D eigenvalue weighted by Gasteiger charge is 2.12. The molecule has 1 heterocycles. The molecule has 2 aromatic carbocycles. The molecule has 0 radical (unpaired) electrons. The minimum absolute atomic E-state index is 0.266. The summed E-state index contributed by atoms with van der Waals surface area (Å²) in [5.74, 6) is -0.357. The second-order valence-electron chi connectivity index (χ2n) is 4.91. The van der Waals surface area contributed by atoms with Crippen molar-refractivity contribution in [3.05, 3.63) is 76.7 Å². The predicted molar refractivity (Wildman–Crippen MR) is 81.8 cm³/mol. The number of rotatable bonds is 3. The van der Waals surface area contributed by atoms with Gasteiger partial charge in [-0.25, -0.2) is 4.39 Å². The van der Waals surface area contributed by atoms with Crippen molar-refractivity contribution in [1.29, 1.82) is 0 Å². The number of aromatic nitrogens is 1. The number of hydrogen-bond donors (Lipinski definition) is 1. The fourth-order valence-corrected chi connectivity index (χ4v) is 2.52. The fourth-order valence-electron chi connectivity index (χ4n) is 2.33. The Hall–Kier alpha value is -1.97. The lowest BCUT2D eigenvalue weighted by Gasteiger charge is -2.13. The van der Waals surface area contributed by atoms with E-state index in [-0.39, 0.29) is 12.2 Å². The topological polar surface area (TPSA) is 33.1 Å². The third-order valence-corrected chi connectivity index (χ3v) is 3.80. The lowest BCUT2D eigenvalue weighted by atomic mass is 10.00. The maximum atomic E-state index is 13.3. The summed E-state index contributed by atoms with van der Waals surface area (Å²) < 4.78 is 13.3. The average Bonchev–Trinajstić information content (AvgIpc) is 2.50. The second-order valence-corrected chi connectivity index (χ2v) is 5.32. The third kappa shape index (κ3) is 3.04. The molecule has 3 rings (SSSR count). The summed E-state index contributed by atoms with van der Waals surface area (Å²) >= 11 is 6.04. The fraction of sp³-hybridized carbons (Fsp3) is 0.118. The number of aliphatic hydroxyl groups excluding tert-OH is 1. The third-order valence-electron chi connectivity index (χ3n) is 3.43. The highest BCUT2D eigenvalue weighted by molar-refractivity contribution is 6.31. The molecule has 1 N–H and O–H groups in total. The lowest BCUT2D eigenvalue weighted by Crippen LogP contribution is -2.03. The van der Waals surface area contributed by atoms with Crippen LogP contribution in [-0.2, 0) is 6.42 Å². The molecule has 0 aliphatic carbocycles. The lowest BCUT2D eigenvalue weighted by molar-refractivity contribution is 0.178. The van der Waals surface area contributed by atoms with Crippen molar-refractivity contribution in [3.8, 4) is 0 Å². The van der Waals surface area contributed by atoms with Gasteiger partial charge in [0.25, 0.3) is 0 Å². The van der Waals surface area contributed by atoms with E-state index in [0.717, 1.165) is 16.5 Å². The minimum atomic E-state index is -0.742. The van der Waals surface area contributed by atoms with Crippen LogP contribution in [-0.4, -0.2) is 10.1 Å². The first kappa shape index (κ1) is 14.0. The van der Waals surface area contributed by atoms with E-state index in [0.29, 0.717) is 10.6 Å². The summed E-state index contributed by atoms with van der Waals surface area (Å²) in [7, 11) is 0.